The molecule has 0 aliphatic carbocycles. The van der Waals surface area contributed by atoms with E-state index in [1.165, 1.54) is 167 Å². The van der Waals surface area contributed by atoms with Gasteiger partial charge in [0.2, 0.25) is 0 Å². The lowest BCUT2D eigenvalue weighted by Gasteiger charge is -2.18. The number of unbranched alkanes of at least 4 members (excludes halogenated alkanes) is 34. The van der Waals surface area contributed by atoms with E-state index in [1.807, 2.05) is 0 Å². The van der Waals surface area contributed by atoms with Crippen LogP contribution in [0.25, 0.3) is 0 Å². The lowest BCUT2D eigenvalue weighted by molar-refractivity contribution is -0.167. The highest BCUT2D eigenvalue weighted by Crippen LogP contribution is 2.16. The molecule has 0 unspecified atom stereocenters. The minimum atomic E-state index is -0.779. The maximum absolute atomic E-state index is 12.8. The van der Waals surface area contributed by atoms with Crippen molar-refractivity contribution in [1.82, 2.24) is 0 Å². The van der Waals surface area contributed by atoms with Crippen LogP contribution in [0.1, 0.15) is 297 Å². The van der Waals surface area contributed by atoms with Crippen LogP contribution in [0.3, 0.4) is 0 Å². The number of esters is 3. The fourth-order valence-electron chi connectivity index (χ4n) is 8.10. The predicted octanol–water partition coefficient (Wildman–Crippen LogP) is 18.5. The monoisotopic (exact) mass is 899 g/mol. The van der Waals surface area contributed by atoms with Gasteiger partial charge in [-0.05, 0) is 70.6 Å². The van der Waals surface area contributed by atoms with Crippen LogP contribution in [0.4, 0.5) is 0 Å². The minimum Gasteiger partial charge on any atom is -0.462 e. The van der Waals surface area contributed by atoms with Crippen molar-refractivity contribution in [1.29, 1.82) is 0 Å². The largest absolute Gasteiger partial charge is 0.462 e. The lowest BCUT2D eigenvalue weighted by Crippen LogP contribution is -2.30. The van der Waals surface area contributed by atoms with Crippen LogP contribution in [0.2, 0.25) is 0 Å². The molecule has 0 aromatic carbocycles. The predicted molar refractivity (Wildman–Crippen MR) is 275 cm³/mol. The first-order valence-corrected chi connectivity index (χ1v) is 28.0. The molecule has 6 nitrogen and oxygen atoms in total. The Balaban J connectivity index is 4.34. The topological polar surface area (TPSA) is 78.9 Å². The van der Waals surface area contributed by atoms with Crippen LogP contribution < -0.4 is 0 Å². The molecule has 0 amide bonds. The van der Waals surface area contributed by atoms with Gasteiger partial charge in [0.25, 0.3) is 0 Å². The molecule has 374 valence electrons. The van der Waals surface area contributed by atoms with Crippen molar-refractivity contribution in [3.63, 3.8) is 0 Å². The fourth-order valence-corrected chi connectivity index (χ4v) is 8.10. The third-order valence-corrected chi connectivity index (χ3v) is 12.4. The summed E-state index contributed by atoms with van der Waals surface area (Å²) in [6.45, 7) is 6.61. The van der Waals surface area contributed by atoms with E-state index in [0.29, 0.717) is 19.3 Å². The standard InChI is InChI=1S/C58H106O6/c1-4-7-10-13-16-19-22-25-28-29-30-31-34-36-39-42-45-48-51-57(60)63-54-55(64-58(61)52-49-46-43-40-37-33-27-24-21-18-15-12-9-6-3)53-62-56(59)50-47-44-41-38-35-32-26-23-20-17-14-11-8-5-2/h15,18,23-24,26-27,55H,4-14,16-17,19-22,25,28-54H2,1-3H3/b18-15+,26-23+,27-24+/t55-/m1/s1. The van der Waals surface area contributed by atoms with E-state index in [2.05, 4.69) is 57.2 Å². The summed E-state index contributed by atoms with van der Waals surface area (Å²) >= 11 is 0. The molecule has 0 radical (unpaired) electrons. The molecule has 0 fully saturated rings. The highest BCUT2D eigenvalue weighted by molar-refractivity contribution is 5.71. The molecule has 0 rings (SSSR count). The molecule has 0 aliphatic heterocycles. The van der Waals surface area contributed by atoms with Crippen LogP contribution in [0.5, 0.6) is 0 Å². The van der Waals surface area contributed by atoms with Crippen molar-refractivity contribution >= 4 is 17.9 Å². The Kier molecular flexibility index (Phi) is 51.3. The van der Waals surface area contributed by atoms with Crippen molar-refractivity contribution in [2.45, 2.75) is 303 Å². The average Bonchev–Trinajstić information content (AvgIpc) is 3.29. The van der Waals surface area contributed by atoms with Crippen molar-refractivity contribution in [2.75, 3.05) is 13.2 Å². The van der Waals surface area contributed by atoms with Crippen molar-refractivity contribution in [2.24, 2.45) is 0 Å². The molecule has 0 aromatic rings. The van der Waals surface area contributed by atoms with Gasteiger partial charge in [0.15, 0.2) is 6.10 Å². The minimum absolute atomic E-state index is 0.0771. The summed E-state index contributed by atoms with van der Waals surface area (Å²) in [4.78, 5) is 38.1. The Morgan fingerprint density at radius 1 is 0.312 bits per heavy atom. The van der Waals surface area contributed by atoms with E-state index in [-0.39, 0.29) is 31.1 Å². The first-order valence-electron chi connectivity index (χ1n) is 28.0. The van der Waals surface area contributed by atoms with Gasteiger partial charge in [-0.3, -0.25) is 14.4 Å². The Bertz CT molecular complexity index is 1080. The number of rotatable bonds is 51. The SMILES string of the molecule is CCCC/C=C/C/C=C/CCCCCCCC(=O)O[C@H](COC(=O)CCCCCCC/C=C/CCCCCCC)COC(=O)CCCCCCCCCCCCCCCCCCCC. The highest BCUT2D eigenvalue weighted by atomic mass is 16.6. The molecule has 0 N–H and O–H groups in total. The summed E-state index contributed by atoms with van der Waals surface area (Å²) in [6.07, 6.45) is 62.7. The number of carbonyl (C=O) groups is 3. The number of ether oxygens (including phenoxy) is 3. The molecule has 0 saturated carbocycles. The normalized spacial score (nSPS) is 12.2. The number of allylic oxidation sites excluding steroid dienone is 6. The molecular weight excluding hydrogens is 793 g/mol. The van der Waals surface area contributed by atoms with Crippen LogP contribution in [0.15, 0.2) is 36.5 Å². The summed E-state index contributed by atoms with van der Waals surface area (Å²) in [5.74, 6) is -0.885. The van der Waals surface area contributed by atoms with Crippen LogP contribution in [-0.2, 0) is 28.6 Å². The van der Waals surface area contributed by atoms with E-state index in [1.54, 1.807) is 0 Å². The van der Waals surface area contributed by atoms with E-state index >= 15 is 0 Å². The second-order valence-electron chi connectivity index (χ2n) is 18.8. The average molecular weight is 899 g/mol. The first kappa shape index (κ1) is 61.6. The van der Waals surface area contributed by atoms with Gasteiger partial charge in [-0.15, -0.1) is 0 Å². The zero-order chi connectivity index (χ0) is 46.5. The summed E-state index contributed by atoms with van der Waals surface area (Å²) in [7, 11) is 0. The molecule has 0 heterocycles. The lowest BCUT2D eigenvalue weighted by atomic mass is 10.0. The highest BCUT2D eigenvalue weighted by Gasteiger charge is 2.19. The first-order chi connectivity index (χ1) is 31.5. The summed E-state index contributed by atoms with van der Waals surface area (Å²) in [6, 6.07) is 0. The van der Waals surface area contributed by atoms with E-state index < -0.39 is 6.10 Å². The van der Waals surface area contributed by atoms with E-state index in [0.717, 1.165) is 89.9 Å². The van der Waals surface area contributed by atoms with Crippen molar-refractivity contribution < 1.29 is 28.6 Å². The summed E-state index contributed by atoms with van der Waals surface area (Å²) in [5, 5.41) is 0. The second-order valence-corrected chi connectivity index (χ2v) is 18.8. The smallest absolute Gasteiger partial charge is 0.306 e. The molecule has 6 heteroatoms. The summed E-state index contributed by atoms with van der Waals surface area (Å²) < 4.78 is 16.8. The van der Waals surface area contributed by atoms with Crippen molar-refractivity contribution in [3.05, 3.63) is 36.5 Å². The molecule has 0 aromatic heterocycles. The Labute approximate surface area is 397 Å². The third-order valence-electron chi connectivity index (χ3n) is 12.4. The molecule has 0 saturated heterocycles. The Morgan fingerprint density at radius 2 is 0.578 bits per heavy atom. The van der Waals surface area contributed by atoms with Crippen LogP contribution in [0, 0.1) is 0 Å². The van der Waals surface area contributed by atoms with Crippen LogP contribution >= 0.6 is 0 Å². The van der Waals surface area contributed by atoms with E-state index in [4.69, 9.17) is 14.2 Å². The number of carbonyl (C=O) groups excluding carboxylic acids is 3. The van der Waals surface area contributed by atoms with Gasteiger partial charge in [-0.25, -0.2) is 0 Å². The maximum Gasteiger partial charge on any atom is 0.306 e. The number of hydrogen-bond donors (Lipinski definition) is 0. The molecule has 64 heavy (non-hydrogen) atoms. The van der Waals surface area contributed by atoms with Gasteiger partial charge >= 0.3 is 17.9 Å². The zero-order valence-corrected chi connectivity index (χ0v) is 42.8. The number of hydrogen-bond acceptors (Lipinski definition) is 6. The fraction of sp³-hybridized carbons (Fsp3) is 0.845. The molecule has 0 bridgehead atoms. The maximum atomic E-state index is 12.8. The van der Waals surface area contributed by atoms with Crippen molar-refractivity contribution in [3.8, 4) is 0 Å². The molecule has 1 atom stereocenters. The van der Waals surface area contributed by atoms with Gasteiger partial charge in [-0.1, -0.05) is 243 Å². The quantitative estimate of drug-likeness (QED) is 0.0262. The third kappa shape index (κ3) is 50.6. The molecule has 0 spiro atoms. The Morgan fingerprint density at radius 3 is 0.922 bits per heavy atom. The van der Waals surface area contributed by atoms with Gasteiger partial charge in [0.1, 0.15) is 13.2 Å². The van der Waals surface area contributed by atoms with Gasteiger partial charge in [0.05, 0.1) is 0 Å². The van der Waals surface area contributed by atoms with E-state index in [9.17, 15) is 14.4 Å². The molecule has 0 aliphatic rings. The molecular formula is C58H106O6. The Hall–Kier alpha value is -2.37. The zero-order valence-electron chi connectivity index (χ0n) is 42.8. The van der Waals surface area contributed by atoms with Gasteiger partial charge < -0.3 is 14.2 Å². The van der Waals surface area contributed by atoms with Gasteiger partial charge in [-0.2, -0.15) is 0 Å². The second kappa shape index (κ2) is 53.2. The summed E-state index contributed by atoms with van der Waals surface area (Å²) in [5.41, 5.74) is 0. The van der Waals surface area contributed by atoms with Crippen LogP contribution in [-0.4, -0.2) is 37.2 Å². The van der Waals surface area contributed by atoms with Gasteiger partial charge in [0, 0.05) is 19.3 Å².